The van der Waals surface area contributed by atoms with Gasteiger partial charge in [-0.15, -0.1) is 0 Å². The monoisotopic (exact) mass is 519 g/mol. The van der Waals surface area contributed by atoms with E-state index in [9.17, 15) is 32.4 Å². The van der Waals surface area contributed by atoms with Gasteiger partial charge in [-0.05, 0) is 36.2 Å². The molecule has 0 unspecified atom stereocenters. The van der Waals surface area contributed by atoms with Crippen molar-refractivity contribution in [3.8, 4) is 22.9 Å². The summed E-state index contributed by atoms with van der Waals surface area (Å²) in [5.41, 5.74) is -2.60. The summed E-state index contributed by atoms with van der Waals surface area (Å²) >= 11 is 5.97. The molecule has 3 aromatic rings. The van der Waals surface area contributed by atoms with Crippen LogP contribution in [0.2, 0.25) is 5.02 Å². The lowest BCUT2D eigenvalue weighted by molar-refractivity contribution is -0.170. The van der Waals surface area contributed by atoms with Crippen LogP contribution in [0.25, 0.3) is 16.8 Å². The molecule has 0 N–H and O–H groups in total. The van der Waals surface area contributed by atoms with Crippen LogP contribution in [0.5, 0.6) is 0 Å². The van der Waals surface area contributed by atoms with Crippen LogP contribution in [0, 0.1) is 35.4 Å². The number of nitrogens with zero attached hydrogens (tertiary/aromatic N) is 5. The van der Waals surface area contributed by atoms with E-state index in [1.54, 1.807) is 11.8 Å². The summed E-state index contributed by atoms with van der Waals surface area (Å²) < 4.78 is 57.4. The zero-order valence-corrected chi connectivity index (χ0v) is 19.6. The maximum absolute atomic E-state index is 14.7. The number of hydrogen-bond acceptors (Lipinski definition) is 5. The third kappa shape index (κ3) is 3.76. The van der Waals surface area contributed by atoms with Crippen molar-refractivity contribution in [1.29, 1.82) is 5.26 Å². The van der Waals surface area contributed by atoms with Crippen molar-refractivity contribution >= 4 is 17.4 Å². The molecule has 12 heteroatoms. The first-order valence-electron chi connectivity index (χ1n) is 10.9. The summed E-state index contributed by atoms with van der Waals surface area (Å²) in [6.45, 7) is 1.33. The van der Waals surface area contributed by atoms with Gasteiger partial charge in [-0.25, -0.2) is 27.5 Å². The van der Waals surface area contributed by atoms with Crippen LogP contribution in [-0.4, -0.2) is 33.1 Å². The summed E-state index contributed by atoms with van der Waals surface area (Å²) in [6, 6.07) is 6.60. The van der Waals surface area contributed by atoms with Gasteiger partial charge in [0.25, 0.3) is 5.56 Å². The lowest BCUT2D eigenvalue weighted by atomic mass is 9.61. The molecule has 0 bridgehead atoms. The first-order chi connectivity index (χ1) is 16.9. The Morgan fingerprint density at radius 1 is 1.17 bits per heavy atom. The van der Waals surface area contributed by atoms with E-state index in [1.807, 2.05) is 6.07 Å². The van der Waals surface area contributed by atoms with E-state index in [4.69, 9.17) is 11.6 Å². The average Bonchev–Trinajstić information content (AvgIpc) is 2.76. The van der Waals surface area contributed by atoms with Crippen LogP contribution in [-0.2, 0) is 6.54 Å². The summed E-state index contributed by atoms with van der Waals surface area (Å²) in [7, 11) is 0. The maximum atomic E-state index is 14.7. The fraction of sp³-hybridized carbons (Fsp3) is 0.333. The van der Waals surface area contributed by atoms with Crippen molar-refractivity contribution in [2.45, 2.75) is 32.2 Å². The number of nitriles is 1. The molecular formula is C24H18ClF4N5O2. The van der Waals surface area contributed by atoms with Crippen LogP contribution in [0.4, 0.5) is 23.4 Å². The first kappa shape index (κ1) is 24.1. The number of aryl methyl sites for hydroxylation is 1. The molecule has 3 heterocycles. The smallest absolute Gasteiger partial charge is 0.338 e. The Balaban J connectivity index is 1.79. The minimum atomic E-state index is -2.77. The van der Waals surface area contributed by atoms with Crippen molar-refractivity contribution in [2.75, 3.05) is 18.0 Å². The van der Waals surface area contributed by atoms with Crippen molar-refractivity contribution in [3.63, 3.8) is 0 Å². The second-order valence-corrected chi connectivity index (χ2v) is 9.79. The number of hydrogen-bond donors (Lipinski definition) is 0. The molecule has 5 rings (SSSR count). The maximum Gasteiger partial charge on any atom is 0.338 e. The fourth-order valence-electron chi connectivity index (χ4n) is 5.18. The summed E-state index contributed by atoms with van der Waals surface area (Å²) in [4.78, 5) is 32.5. The van der Waals surface area contributed by atoms with Crippen molar-refractivity contribution in [3.05, 3.63) is 73.7 Å². The van der Waals surface area contributed by atoms with Gasteiger partial charge in [-0.2, -0.15) is 9.65 Å². The van der Waals surface area contributed by atoms with Gasteiger partial charge in [-0.1, -0.05) is 17.7 Å². The van der Waals surface area contributed by atoms with E-state index < -0.39 is 46.6 Å². The van der Waals surface area contributed by atoms with Crippen LogP contribution in [0.3, 0.4) is 0 Å². The number of alkyl halides is 2. The summed E-state index contributed by atoms with van der Waals surface area (Å²) in [5.74, 6) is -4.60. The Morgan fingerprint density at radius 2 is 1.86 bits per heavy atom. The van der Waals surface area contributed by atoms with Gasteiger partial charge in [0.2, 0.25) is 11.9 Å². The minimum absolute atomic E-state index is 0.00679. The van der Waals surface area contributed by atoms with Crippen LogP contribution < -0.4 is 16.1 Å². The van der Waals surface area contributed by atoms with Gasteiger partial charge in [0.1, 0.15) is 23.9 Å². The topological polar surface area (TPSA) is 83.9 Å². The van der Waals surface area contributed by atoms with Gasteiger partial charge in [0, 0.05) is 37.5 Å². The second-order valence-electron chi connectivity index (χ2n) is 9.38. The SMILES string of the molecule is Cc1cnc(F)c(-n2c(=O)c(-c3ccc(F)c(Cl)c3)c(N3CC4(C3)CC(F)(F)C4)n(CC#N)c2=O)c1. The molecule has 1 spiro atoms. The van der Waals surface area contributed by atoms with Gasteiger partial charge in [-0.3, -0.25) is 9.36 Å². The van der Waals surface area contributed by atoms with E-state index in [1.165, 1.54) is 24.4 Å². The molecule has 2 aromatic heterocycles. The normalized spacial score (nSPS) is 17.4. The molecule has 1 saturated carbocycles. The van der Waals surface area contributed by atoms with E-state index >= 15 is 0 Å². The highest BCUT2D eigenvalue weighted by molar-refractivity contribution is 6.31. The molecule has 7 nitrogen and oxygen atoms in total. The predicted molar refractivity (Wildman–Crippen MR) is 124 cm³/mol. The largest absolute Gasteiger partial charge is 0.356 e. The molecule has 1 saturated heterocycles. The van der Waals surface area contributed by atoms with E-state index in [-0.39, 0.29) is 47.9 Å². The molecule has 0 radical (unpaired) electrons. The number of aromatic nitrogens is 3. The predicted octanol–water partition coefficient (Wildman–Crippen LogP) is 4.06. The van der Waals surface area contributed by atoms with Crippen LogP contribution in [0.15, 0.2) is 40.1 Å². The molecule has 36 heavy (non-hydrogen) atoms. The Morgan fingerprint density at radius 3 is 2.47 bits per heavy atom. The molecule has 2 aliphatic rings. The lowest BCUT2D eigenvalue weighted by Crippen LogP contribution is -2.67. The Labute approximate surface area is 206 Å². The number of anilines is 1. The second kappa shape index (κ2) is 8.20. The van der Waals surface area contributed by atoms with Gasteiger partial charge in [0.05, 0.1) is 16.7 Å². The Kier molecular flexibility index (Phi) is 5.48. The quantitative estimate of drug-likeness (QED) is 0.383. The molecule has 0 amide bonds. The highest BCUT2D eigenvalue weighted by Crippen LogP contribution is 2.57. The molecular weight excluding hydrogens is 502 g/mol. The highest BCUT2D eigenvalue weighted by Gasteiger charge is 2.62. The number of benzene rings is 1. The molecule has 186 valence electrons. The minimum Gasteiger partial charge on any atom is -0.356 e. The average molecular weight is 520 g/mol. The van der Waals surface area contributed by atoms with Crippen molar-refractivity contribution in [2.24, 2.45) is 5.41 Å². The van der Waals surface area contributed by atoms with Gasteiger partial charge >= 0.3 is 5.69 Å². The molecule has 2 fully saturated rings. The van der Waals surface area contributed by atoms with Crippen LogP contribution in [0.1, 0.15) is 18.4 Å². The number of rotatable bonds is 4. The molecule has 0 atom stereocenters. The van der Waals surface area contributed by atoms with E-state index in [0.717, 1.165) is 10.6 Å². The third-order valence-electron chi connectivity index (χ3n) is 6.57. The fourth-order valence-corrected chi connectivity index (χ4v) is 5.36. The highest BCUT2D eigenvalue weighted by atomic mass is 35.5. The van der Waals surface area contributed by atoms with Gasteiger partial charge in [0.15, 0.2) is 0 Å². The molecule has 1 aliphatic carbocycles. The first-order valence-corrected chi connectivity index (χ1v) is 11.3. The standard InChI is InChI=1S/C24H18ClF4N5O2/c1-13-6-17(19(27)31-8-13)34-21(35)18(14-2-3-16(26)15(25)7-14)20(33(5-4-30)22(34)36)32-11-23(12-32)9-24(28,29)10-23/h2-3,6-8H,5,9-12H2,1H3. The zero-order valence-electron chi connectivity index (χ0n) is 18.9. The van der Waals surface area contributed by atoms with E-state index in [2.05, 4.69) is 4.98 Å². The van der Waals surface area contributed by atoms with E-state index in [0.29, 0.717) is 10.1 Å². The Hall–Kier alpha value is -3.65. The summed E-state index contributed by atoms with van der Waals surface area (Å²) in [5, 5.41) is 9.17. The zero-order chi connectivity index (χ0) is 26.0. The molecule has 1 aromatic carbocycles. The lowest BCUT2D eigenvalue weighted by Gasteiger charge is -2.59. The Bertz CT molecular complexity index is 1560. The summed E-state index contributed by atoms with van der Waals surface area (Å²) in [6.07, 6.45) is 0.572. The number of pyridine rings is 1. The van der Waals surface area contributed by atoms with Crippen molar-refractivity contribution in [1.82, 2.24) is 14.1 Å². The number of halogens is 5. The van der Waals surface area contributed by atoms with Crippen molar-refractivity contribution < 1.29 is 17.6 Å². The van der Waals surface area contributed by atoms with Gasteiger partial charge < -0.3 is 4.90 Å². The third-order valence-corrected chi connectivity index (χ3v) is 6.86. The van der Waals surface area contributed by atoms with Crippen LogP contribution >= 0.6 is 11.6 Å². The molecule has 1 aliphatic heterocycles.